The van der Waals surface area contributed by atoms with E-state index in [4.69, 9.17) is 4.74 Å². The molecule has 0 unspecified atom stereocenters. The Hall–Kier alpha value is -3.72. The summed E-state index contributed by atoms with van der Waals surface area (Å²) in [5, 5.41) is 2.42. The Kier molecular flexibility index (Phi) is 5.44. The molecule has 0 saturated carbocycles. The number of hydrogen-bond donors (Lipinski definition) is 1. The van der Waals surface area contributed by atoms with Crippen LogP contribution in [-0.2, 0) is 4.74 Å². The number of halogens is 3. The molecule has 3 nitrogen and oxygen atoms in total. The molecule has 0 spiro atoms. The number of amides is 1. The minimum absolute atomic E-state index is 0.0726. The summed E-state index contributed by atoms with van der Waals surface area (Å²) < 4.78 is 45.3. The van der Waals surface area contributed by atoms with Crippen LogP contribution in [0.4, 0.5) is 18.0 Å². The van der Waals surface area contributed by atoms with Crippen molar-refractivity contribution in [1.82, 2.24) is 5.32 Å². The van der Waals surface area contributed by atoms with Gasteiger partial charge in [-0.3, -0.25) is 0 Å². The van der Waals surface area contributed by atoms with Gasteiger partial charge < -0.3 is 10.1 Å². The van der Waals surface area contributed by atoms with Gasteiger partial charge in [-0.05, 0) is 22.3 Å². The predicted octanol–water partition coefficient (Wildman–Crippen LogP) is 4.99. The number of benzene rings is 3. The van der Waals surface area contributed by atoms with Crippen molar-refractivity contribution in [3.05, 3.63) is 94.8 Å². The minimum atomic E-state index is -1.10. The van der Waals surface area contributed by atoms with Crippen molar-refractivity contribution in [3.63, 3.8) is 0 Å². The van der Waals surface area contributed by atoms with Crippen LogP contribution in [0.15, 0.2) is 60.7 Å². The number of ether oxygens (including phenoxy) is 1. The smallest absolute Gasteiger partial charge is 0.407 e. The third kappa shape index (κ3) is 3.87. The van der Waals surface area contributed by atoms with Crippen molar-refractivity contribution >= 4 is 6.09 Å². The maximum absolute atomic E-state index is 13.5. The standard InChI is InChI=1S/C24H16F3NO2/c25-15-12-22(26)20(23(27)13-15)10-5-11-28-24(29)30-14-21-18-8-3-1-6-16(18)17-7-2-4-9-19(17)21/h1-4,6-9,12-13,21H,11,14H2,(H,28,29). The zero-order valence-electron chi connectivity index (χ0n) is 15.7. The van der Waals surface area contributed by atoms with E-state index < -0.39 is 29.1 Å². The third-order valence-corrected chi connectivity index (χ3v) is 4.89. The molecule has 1 N–H and O–H groups in total. The van der Waals surface area contributed by atoms with Crippen LogP contribution >= 0.6 is 0 Å². The summed E-state index contributed by atoms with van der Waals surface area (Å²) in [5.41, 5.74) is 3.88. The fourth-order valence-electron chi connectivity index (χ4n) is 3.56. The molecule has 0 heterocycles. The van der Waals surface area contributed by atoms with Crippen molar-refractivity contribution in [2.45, 2.75) is 5.92 Å². The number of hydrogen-bond acceptors (Lipinski definition) is 2. The van der Waals surface area contributed by atoms with E-state index in [2.05, 4.69) is 17.2 Å². The molecular formula is C24H16F3NO2. The second-order valence-electron chi connectivity index (χ2n) is 6.73. The Morgan fingerprint density at radius 1 is 0.933 bits per heavy atom. The minimum Gasteiger partial charge on any atom is -0.449 e. The van der Waals surface area contributed by atoms with E-state index in [1.807, 2.05) is 48.5 Å². The lowest BCUT2D eigenvalue weighted by Gasteiger charge is -2.14. The molecule has 1 amide bonds. The summed E-state index contributed by atoms with van der Waals surface area (Å²) in [6.07, 6.45) is -0.689. The number of alkyl carbamates (subject to hydrolysis) is 1. The third-order valence-electron chi connectivity index (χ3n) is 4.89. The molecule has 0 saturated heterocycles. The number of rotatable bonds is 3. The first-order chi connectivity index (χ1) is 14.5. The molecule has 0 aliphatic heterocycles. The van der Waals surface area contributed by atoms with E-state index in [0.29, 0.717) is 12.1 Å². The predicted molar refractivity (Wildman–Crippen MR) is 106 cm³/mol. The lowest BCUT2D eigenvalue weighted by molar-refractivity contribution is 0.144. The first-order valence-corrected chi connectivity index (χ1v) is 9.27. The van der Waals surface area contributed by atoms with Gasteiger partial charge in [0.2, 0.25) is 0 Å². The molecular weight excluding hydrogens is 391 g/mol. The first kappa shape index (κ1) is 19.6. The Morgan fingerprint density at radius 2 is 1.50 bits per heavy atom. The van der Waals surface area contributed by atoms with E-state index in [1.165, 1.54) is 0 Å². The van der Waals surface area contributed by atoms with Crippen molar-refractivity contribution in [3.8, 4) is 23.0 Å². The quantitative estimate of drug-likeness (QED) is 0.621. The molecule has 3 aromatic rings. The van der Waals surface area contributed by atoms with Gasteiger partial charge in [0, 0.05) is 18.1 Å². The zero-order valence-corrected chi connectivity index (χ0v) is 15.7. The molecule has 4 rings (SSSR count). The van der Waals surface area contributed by atoms with Crippen LogP contribution in [-0.4, -0.2) is 19.2 Å². The largest absolute Gasteiger partial charge is 0.449 e. The van der Waals surface area contributed by atoms with Gasteiger partial charge in [0.15, 0.2) is 0 Å². The van der Waals surface area contributed by atoms with E-state index in [9.17, 15) is 18.0 Å². The Bertz CT molecular complexity index is 1110. The lowest BCUT2D eigenvalue weighted by atomic mass is 9.98. The van der Waals surface area contributed by atoms with Gasteiger partial charge in [-0.2, -0.15) is 0 Å². The Labute approximate surface area is 171 Å². The molecule has 0 radical (unpaired) electrons. The number of carbonyl (C=O) groups is 1. The van der Waals surface area contributed by atoms with Gasteiger partial charge in [0.25, 0.3) is 0 Å². The van der Waals surface area contributed by atoms with Crippen LogP contribution < -0.4 is 5.32 Å². The molecule has 0 aromatic heterocycles. The lowest BCUT2D eigenvalue weighted by Crippen LogP contribution is -2.26. The number of nitrogens with one attached hydrogen (secondary N) is 1. The molecule has 1 aliphatic carbocycles. The van der Waals surface area contributed by atoms with Gasteiger partial charge in [-0.25, -0.2) is 18.0 Å². The van der Waals surface area contributed by atoms with Crippen molar-refractivity contribution in [2.75, 3.05) is 13.2 Å². The van der Waals surface area contributed by atoms with Crippen LogP contribution in [0.3, 0.4) is 0 Å². The monoisotopic (exact) mass is 407 g/mol. The molecule has 0 fully saturated rings. The van der Waals surface area contributed by atoms with E-state index >= 15 is 0 Å². The van der Waals surface area contributed by atoms with Crippen LogP contribution in [0, 0.1) is 29.3 Å². The highest BCUT2D eigenvalue weighted by Gasteiger charge is 2.28. The number of carbonyl (C=O) groups excluding carboxylic acids is 1. The summed E-state index contributed by atoms with van der Waals surface area (Å²) in [6, 6.07) is 17.0. The van der Waals surface area contributed by atoms with E-state index in [1.54, 1.807) is 0 Å². The van der Waals surface area contributed by atoms with Crippen LogP contribution in [0.2, 0.25) is 0 Å². The second-order valence-corrected chi connectivity index (χ2v) is 6.73. The highest BCUT2D eigenvalue weighted by molar-refractivity contribution is 5.79. The topological polar surface area (TPSA) is 38.3 Å². The molecule has 150 valence electrons. The molecule has 1 aliphatic rings. The van der Waals surface area contributed by atoms with Gasteiger partial charge in [0.1, 0.15) is 24.1 Å². The maximum Gasteiger partial charge on any atom is 0.407 e. The molecule has 0 atom stereocenters. The molecule has 30 heavy (non-hydrogen) atoms. The fraction of sp³-hybridized carbons (Fsp3) is 0.125. The van der Waals surface area contributed by atoms with Crippen molar-refractivity contribution in [2.24, 2.45) is 0 Å². The summed E-state index contributed by atoms with van der Waals surface area (Å²) in [5.74, 6) is 1.39. The van der Waals surface area contributed by atoms with Crippen LogP contribution in [0.25, 0.3) is 11.1 Å². The van der Waals surface area contributed by atoms with Gasteiger partial charge in [0.05, 0.1) is 12.1 Å². The summed E-state index contributed by atoms with van der Waals surface area (Å²) in [7, 11) is 0. The van der Waals surface area contributed by atoms with Crippen molar-refractivity contribution in [1.29, 1.82) is 0 Å². The highest BCUT2D eigenvalue weighted by atomic mass is 19.1. The Balaban J connectivity index is 1.37. The molecule has 3 aromatic carbocycles. The summed E-state index contributed by atoms with van der Waals surface area (Å²) >= 11 is 0. The summed E-state index contributed by atoms with van der Waals surface area (Å²) in [6.45, 7) is -0.0264. The average Bonchev–Trinajstić information content (AvgIpc) is 3.05. The van der Waals surface area contributed by atoms with E-state index in [-0.39, 0.29) is 19.1 Å². The number of fused-ring (bicyclic) bond motifs is 3. The second kappa shape index (κ2) is 8.34. The average molecular weight is 407 g/mol. The fourth-order valence-corrected chi connectivity index (χ4v) is 3.56. The van der Waals surface area contributed by atoms with Crippen LogP contribution in [0.1, 0.15) is 22.6 Å². The summed E-state index contributed by atoms with van der Waals surface area (Å²) in [4.78, 5) is 12.0. The first-order valence-electron chi connectivity index (χ1n) is 9.27. The molecule has 6 heteroatoms. The SMILES string of the molecule is O=C(NCC#Cc1c(F)cc(F)cc1F)OCC1c2ccccc2-c2ccccc21. The normalized spacial score (nSPS) is 11.8. The van der Waals surface area contributed by atoms with Gasteiger partial charge in [-0.15, -0.1) is 0 Å². The maximum atomic E-state index is 13.5. The Morgan fingerprint density at radius 3 is 2.10 bits per heavy atom. The van der Waals surface area contributed by atoms with Crippen LogP contribution in [0.5, 0.6) is 0 Å². The highest BCUT2D eigenvalue weighted by Crippen LogP contribution is 2.44. The zero-order chi connectivity index (χ0) is 21.1. The van der Waals surface area contributed by atoms with Gasteiger partial charge in [-0.1, -0.05) is 60.4 Å². The van der Waals surface area contributed by atoms with Crippen molar-refractivity contribution < 1.29 is 22.7 Å². The molecule has 0 bridgehead atoms. The van der Waals surface area contributed by atoms with Gasteiger partial charge >= 0.3 is 6.09 Å². The van der Waals surface area contributed by atoms with E-state index in [0.717, 1.165) is 22.3 Å².